The van der Waals surface area contributed by atoms with Crippen molar-refractivity contribution in [2.45, 2.75) is 259 Å². The van der Waals surface area contributed by atoms with E-state index < -0.39 is 310 Å². The summed E-state index contributed by atoms with van der Waals surface area (Å²) < 4.78 is 86.6. The van der Waals surface area contributed by atoms with Gasteiger partial charge in [-0.15, -0.1) is 0 Å². The van der Waals surface area contributed by atoms with Gasteiger partial charge in [0.05, 0.1) is 52.9 Å². The van der Waals surface area contributed by atoms with E-state index in [0.717, 1.165) is 13.8 Å². The third kappa shape index (κ3) is 17.0. The van der Waals surface area contributed by atoms with Crippen molar-refractivity contribution in [1.82, 2.24) is 10.6 Å². The fourth-order valence-corrected chi connectivity index (χ4v) is 12.0. The van der Waals surface area contributed by atoms with E-state index in [2.05, 4.69) is 10.6 Å². The van der Waals surface area contributed by atoms with Crippen LogP contribution < -0.4 is 10.6 Å². The lowest BCUT2D eigenvalue weighted by molar-refractivity contribution is -0.407. The van der Waals surface area contributed by atoms with Crippen LogP contribution in [0.5, 0.6) is 0 Å². The minimum absolute atomic E-state index is 0.764. The fraction of sp³-hybridized carbons (Fsp3) is 0.962. The molecule has 552 valence electrons. The molecule has 0 bridgehead atoms. The molecule has 8 saturated heterocycles. The first kappa shape index (κ1) is 78.1. The van der Waals surface area contributed by atoms with Crippen molar-refractivity contribution in [3.63, 3.8) is 0 Å². The summed E-state index contributed by atoms with van der Waals surface area (Å²) in [7, 11) is 0. The molecule has 8 rings (SSSR count). The second kappa shape index (κ2) is 33.9. The highest BCUT2D eigenvalue weighted by atomic mass is 16.8. The average molecular weight is 1400 g/mol. The zero-order valence-corrected chi connectivity index (χ0v) is 50.4. The van der Waals surface area contributed by atoms with Gasteiger partial charge in [0.15, 0.2) is 50.3 Å². The lowest BCUT2D eigenvalue weighted by atomic mass is 9.94. The summed E-state index contributed by atoms with van der Waals surface area (Å²) in [5.41, 5.74) is 0. The van der Waals surface area contributed by atoms with Gasteiger partial charge in [-0.1, -0.05) is 0 Å². The molecule has 0 aromatic carbocycles. The molecule has 8 fully saturated rings. The SMILES string of the molecule is CC(=O)N[C@@H]1[C@@H](O)[C@H](O[C@@H]2O[C@H](CO)[C@@H](O[C@@H]3O[C@H](CO[C@H]4O[C@H](CO[C@H]5O[C@H](CO)[C@@H](O)[C@H](O)[C@@H]5O)[C@@H](O)[C@H](O)[C@@H]4O)[C@@H](O)[C@H](O[C@H]4O[C@H](CO)[C@@H](O)[C@H](O)[C@@H]4O[C@H]4O[C@H](CO)[C@@H](O)[C@H](O)[C@@H]4O[C@H]4O[C@H](CO)[C@@H](O)[C@H](O)[C@@H]4O)[C@@H]3O)[C@H](O)[C@H]2NC(C)=O)[C@@H](CO)O[C@H]1O. The predicted molar refractivity (Wildman–Crippen MR) is 288 cm³/mol. The van der Waals surface area contributed by atoms with E-state index in [9.17, 15) is 132 Å². The third-order valence-electron chi connectivity index (χ3n) is 17.4. The molecule has 26 N–H and O–H groups in total. The number of ether oxygens (including phenoxy) is 15. The Morgan fingerprint density at radius 1 is 0.274 bits per heavy atom. The third-order valence-corrected chi connectivity index (χ3v) is 17.4. The highest BCUT2D eigenvalue weighted by Crippen LogP contribution is 2.39. The van der Waals surface area contributed by atoms with Crippen molar-refractivity contribution in [3.05, 3.63) is 0 Å². The number of rotatable bonds is 24. The largest absolute Gasteiger partial charge is 0.394 e. The molecule has 43 nitrogen and oxygen atoms in total. The van der Waals surface area contributed by atoms with Crippen molar-refractivity contribution in [2.24, 2.45) is 0 Å². The molecule has 43 heteroatoms. The first-order valence-corrected chi connectivity index (χ1v) is 30.1. The molecular weight excluding hydrogens is 1310 g/mol. The lowest BCUT2D eigenvalue weighted by Gasteiger charge is -2.51. The van der Waals surface area contributed by atoms with Gasteiger partial charge in [0, 0.05) is 13.8 Å². The van der Waals surface area contributed by atoms with Gasteiger partial charge in [0.1, 0.15) is 195 Å². The normalized spacial score (nSPS) is 50.8. The molecule has 0 unspecified atom stereocenters. The molecule has 0 radical (unpaired) electrons. The Hall–Kier alpha value is -2.62. The van der Waals surface area contributed by atoms with Gasteiger partial charge >= 0.3 is 0 Å². The number of carbonyl (C=O) groups is 2. The van der Waals surface area contributed by atoms with Crippen LogP contribution in [0.2, 0.25) is 0 Å². The van der Waals surface area contributed by atoms with E-state index in [1.807, 2.05) is 0 Å². The highest BCUT2D eigenvalue weighted by Gasteiger charge is 2.59. The number of hydrogen-bond acceptors (Lipinski definition) is 41. The topological polar surface area (TPSA) is 682 Å². The molecule has 0 spiro atoms. The molecule has 2 amide bonds. The first-order chi connectivity index (χ1) is 44.9. The summed E-state index contributed by atoms with van der Waals surface area (Å²) in [6.45, 7) is -6.16. The van der Waals surface area contributed by atoms with Crippen LogP contribution in [-0.2, 0) is 80.6 Å². The summed E-state index contributed by atoms with van der Waals surface area (Å²) in [4.78, 5) is 24.9. The van der Waals surface area contributed by atoms with Crippen molar-refractivity contribution in [1.29, 1.82) is 0 Å². The molecule has 8 aliphatic rings. The predicted octanol–water partition coefficient (Wildman–Crippen LogP) is -18.2. The average Bonchev–Trinajstić information content (AvgIpc) is 0.778. The van der Waals surface area contributed by atoms with E-state index in [4.69, 9.17) is 71.1 Å². The Morgan fingerprint density at radius 3 is 1.02 bits per heavy atom. The number of amides is 2. The van der Waals surface area contributed by atoms with Crippen LogP contribution >= 0.6 is 0 Å². The Kier molecular flexibility index (Phi) is 27.9. The maximum Gasteiger partial charge on any atom is 0.217 e. The molecule has 8 aliphatic heterocycles. The van der Waals surface area contributed by atoms with Crippen molar-refractivity contribution < 1.29 is 203 Å². The summed E-state index contributed by atoms with van der Waals surface area (Å²) >= 11 is 0. The maximum absolute atomic E-state index is 12.8. The number of aliphatic hydroxyl groups excluding tert-OH is 24. The minimum atomic E-state index is -2.50. The van der Waals surface area contributed by atoms with E-state index >= 15 is 0 Å². The Bertz CT molecular complexity index is 2380. The van der Waals surface area contributed by atoms with Crippen LogP contribution in [0.1, 0.15) is 13.8 Å². The van der Waals surface area contributed by atoms with Crippen molar-refractivity contribution >= 4 is 11.8 Å². The van der Waals surface area contributed by atoms with Gasteiger partial charge in [-0.05, 0) is 0 Å². The van der Waals surface area contributed by atoms with E-state index in [1.54, 1.807) is 0 Å². The standard InChI is InChI=1S/C52H88N2O41/c1-11(61)53-21-29(69)40(17(7-59)83-45(21)80)91-46-22(54-12(2)62)30(70)41(18(8-60)88-46)92-50-39(79)42(28(68)20(90-50)10-82-48-37(77)33(73)27(67)19(89-48)9-81-47-36(76)31(71)23(63)13(3-55)84-47)93-51-44(35(75)26(66)15(5-57)86-51)95-52-43(34(74)25(65)16(6-58)87-52)94-49-38(78)32(72)24(64)14(4-56)85-49/h13-52,55-60,63-80H,3-10H2,1-2H3,(H,53,61)(H,54,62)/t13-,14-,15-,16-,17-,18-,19-,20-,21-,22-,23-,24-,25-,26-,27-,28-,29-,30-,31+,32+,33+,34+,35+,36+,37+,38+,39+,40-,41-,42+,43+,44+,45-,46+,47+,48+,49-,50+,51-,52-/m1/s1. The van der Waals surface area contributed by atoms with Gasteiger partial charge in [-0.3, -0.25) is 9.59 Å². The van der Waals surface area contributed by atoms with Crippen LogP contribution in [0.4, 0.5) is 0 Å². The molecule has 0 aromatic rings. The molecule has 0 aromatic heterocycles. The number of hydrogen-bond donors (Lipinski definition) is 26. The van der Waals surface area contributed by atoms with Crippen molar-refractivity contribution in [3.8, 4) is 0 Å². The van der Waals surface area contributed by atoms with Gasteiger partial charge in [0.2, 0.25) is 11.8 Å². The molecule has 95 heavy (non-hydrogen) atoms. The van der Waals surface area contributed by atoms with E-state index in [-0.39, 0.29) is 0 Å². The van der Waals surface area contributed by atoms with Crippen LogP contribution in [0.15, 0.2) is 0 Å². The molecule has 0 saturated carbocycles. The molecule has 8 heterocycles. The smallest absolute Gasteiger partial charge is 0.217 e. The lowest BCUT2D eigenvalue weighted by Crippen LogP contribution is -2.70. The second-order valence-corrected chi connectivity index (χ2v) is 23.9. The number of aliphatic hydroxyl groups is 24. The number of carbonyl (C=O) groups excluding carboxylic acids is 2. The first-order valence-electron chi connectivity index (χ1n) is 30.1. The monoisotopic (exact) mass is 1400 g/mol. The quantitative estimate of drug-likeness (QED) is 0.0427. The number of nitrogens with one attached hydrogen (secondary N) is 2. The summed E-state index contributed by atoms with van der Waals surface area (Å²) in [6, 6.07) is -3.48. The molecular formula is C52H88N2O41. The summed E-state index contributed by atoms with van der Waals surface area (Å²) in [5, 5.41) is 266. The fourth-order valence-electron chi connectivity index (χ4n) is 12.0. The second-order valence-electron chi connectivity index (χ2n) is 23.9. The van der Waals surface area contributed by atoms with Crippen LogP contribution in [0, 0.1) is 0 Å². The summed E-state index contributed by atoms with van der Waals surface area (Å²) in [5.74, 6) is -1.67. The Morgan fingerprint density at radius 2 is 0.568 bits per heavy atom. The van der Waals surface area contributed by atoms with Crippen molar-refractivity contribution in [2.75, 3.05) is 52.9 Å². The zero-order valence-electron chi connectivity index (χ0n) is 50.4. The van der Waals surface area contributed by atoms with Crippen LogP contribution in [-0.4, -0.2) is 433 Å². The molecule has 40 atom stereocenters. The van der Waals surface area contributed by atoms with E-state index in [1.165, 1.54) is 0 Å². The Balaban J connectivity index is 1.10. The van der Waals surface area contributed by atoms with Gasteiger partial charge in [-0.2, -0.15) is 0 Å². The van der Waals surface area contributed by atoms with Gasteiger partial charge in [-0.25, -0.2) is 0 Å². The van der Waals surface area contributed by atoms with Crippen LogP contribution in [0.3, 0.4) is 0 Å². The Labute approximate surface area is 536 Å². The molecule has 0 aliphatic carbocycles. The van der Waals surface area contributed by atoms with E-state index in [0.29, 0.717) is 0 Å². The highest BCUT2D eigenvalue weighted by molar-refractivity contribution is 5.73. The maximum atomic E-state index is 12.8. The van der Waals surface area contributed by atoms with Crippen LogP contribution in [0.25, 0.3) is 0 Å². The van der Waals surface area contributed by atoms with Gasteiger partial charge < -0.3 is 204 Å². The van der Waals surface area contributed by atoms with Gasteiger partial charge in [0.25, 0.3) is 0 Å². The summed E-state index contributed by atoms with van der Waals surface area (Å²) in [6.07, 6.45) is -77.8. The minimum Gasteiger partial charge on any atom is -0.394 e. The zero-order chi connectivity index (χ0) is 69.9.